The van der Waals surface area contributed by atoms with Crippen molar-refractivity contribution in [3.05, 3.63) is 58.6 Å². The zero-order chi connectivity index (χ0) is 15.9. The van der Waals surface area contributed by atoms with Crippen LogP contribution in [0.15, 0.2) is 42.5 Å². The molecule has 22 heavy (non-hydrogen) atoms. The maximum atomic E-state index is 12.1. The maximum Gasteiger partial charge on any atom is 0.224 e. The van der Waals surface area contributed by atoms with E-state index in [1.54, 1.807) is 38.5 Å². The number of carbonyl (C=O) groups is 1. The predicted octanol–water partition coefficient (Wildman–Crippen LogP) is 3.22. The fourth-order valence-electron chi connectivity index (χ4n) is 2.10. The molecule has 2 aromatic carbocycles. The molecule has 0 fully saturated rings. The summed E-state index contributed by atoms with van der Waals surface area (Å²) in [6.07, 6.45) is 0.223. The molecule has 2 rings (SSSR count). The van der Waals surface area contributed by atoms with E-state index in [2.05, 4.69) is 5.32 Å². The number of nitrogens with one attached hydrogen (secondary N) is 1. The van der Waals surface area contributed by atoms with Crippen molar-refractivity contribution >= 4 is 17.5 Å². The van der Waals surface area contributed by atoms with E-state index >= 15 is 0 Å². The Morgan fingerprint density at radius 3 is 2.64 bits per heavy atom. The van der Waals surface area contributed by atoms with Crippen LogP contribution in [0.2, 0.25) is 5.02 Å². The fourth-order valence-corrected chi connectivity index (χ4v) is 2.32. The number of hydrogen-bond acceptors (Lipinski definition) is 3. The van der Waals surface area contributed by atoms with Crippen molar-refractivity contribution in [1.82, 2.24) is 5.32 Å². The van der Waals surface area contributed by atoms with Crippen molar-refractivity contribution in [2.24, 2.45) is 0 Å². The van der Waals surface area contributed by atoms with E-state index in [4.69, 9.17) is 21.1 Å². The molecule has 4 nitrogen and oxygen atoms in total. The van der Waals surface area contributed by atoms with Gasteiger partial charge in [-0.25, -0.2) is 0 Å². The van der Waals surface area contributed by atoms with Gasteiger partial charge in [0, 0.05) is 17.1 Å². The Labute approximate surface area is 135 Å². The van der Waals surface area contributed by atoms with E-state index in [9.17, 15) is 4.79 Å². The van der Waals surface area contributed by atoms with Gasteiger partial charge in [-0.15, -0.1) is 0 Å². The van der Waals surface area contributed by atoms with Gasteiger partial charge < -0.3 is 14.8 Å². The van der Waals surface area contributed by atoms with E-state index in [0.29, 0.717) is 23.1 Å². The molecule has 0 saturated heterocycles. The molecule has 0 aromatic heterocycles. The molecule has 5 heteroatoms. The second-order valence-electron chi connectivity index (χ2n) is 4.76. The summed E-state index contributed by atoms with van der Waals surface area (Å²) in [4.78, 5) is 12.1. The largest absolute Gasteiger partial charge is 0.497 e. The summed E-state index contributed by atoms with van der Waals surface area (Å²) in [6, 6.07) is 12.8. The molecule has 0 spiro atoms. The minimum atomic E-state index is -0.0912. The zero-order valence-electron chi connectivity index (χ0n) is 12.6. The van der Waals surface area contributed by atoms with Crippen LogP contribution in [0, 0.1) is 0 Å². The number of ether oxygens (including phenoxy) is 2. The lowest BCUT2D eigenvalue weighted by molar-refractivity contribution is -0.120. The molecule has 1 amide bonds. The van der Waals surface area contributed by atoms with Crippen LogP contribution in [-0.2, 0) is 17.8 Å². The number of halogens is 1. The summed E-state index contributed by atoms with van der Waals surface area (Å²) in [5.41, 5.74) is 1.74. The lowest BCUT2D eigenvalue weighted by Crippen LogP contribution is -2.24. The van der Waals surface area contributed by atoms with E-state index in [-0.39, 0.29) is 12.3 Å². The summed E-state index contributed by atoms with van der Waals surface area (Å²) in [6.45, 7) is 0.436. The maximum absolute atomic E-state index is 12.1. The molecule has 0 aliphatic rings. The molecule has 0 aliphatic heterocycles. The van der Waals surface area contributed by atoms with Crippen LogP contribution in [0.1, 0.15) is 11.1 Å². The van der Waals surface area contributed by atoms with Crippen molar-refractivity contribution in [3.8, 4) is 11.5 Å². The lowest BCUT2D eigenvalue weighted by Gasteiger charge is -2.11. The number of benzene rings is 2. The Hall–Kier alpha value is -2.20. The average Bonchev–Trinajstić information content (AvgIpc) is 2.53. The Bertz CT molecular complexity index is 658. The van der Waals surface area contributed by atoms with Crippen LogP contribution >= 0.6 is 11.6 Å². The van der Waals surface area contributed by atoms with Crippen molar-refractivity contribution in [1.29, 1.82) is 0 Å². The first kappa shape index (κ1) is 16.2. The van der Waals surface area contributed by atoms with Gasteiger partial charge in [-0.2, -0.15) is 0 Å². The van der Waals surface area contributed by atoms with Crippen LogP contribution < -0.4 is 14.8 Å². The third-order valence-corrected chi connectivity index (χ3v) is 3.45. The summed E-state index contributed by atoms with van der Waals surface area (Å²) < 4.78 is 10.4. The molecule has 0 radical (unpaired) electrons. The van der Waals surface area contributed by atoms with E-state index in [1.165, 1.54) is 0 Å². The number of methoxy groups -OCH3 is 2. The third kappa shape index (κ3) is 4.40. The highest BCUT2D eigenvalue weighted by Gasteiger charge is 2.10. The zero-order valence-corrected chi connectivity index (χ0v) is 13.3. The second kappa shape index (κ2) is 7.71. The predicted molar refractivity (Wildman–Crippen MR) is 86.5 cm³/mol. The van der Waals surface area contributed by atoms with Gasteiger partial charge in [-0.05, 0) is 35.9 Å². The number of carbonyl (C=O) groups excluding carboxylic acids is 1. The monoisotopic (exact) mass is 319 g/mol. The minimum absolute atomic E-state index is 0.0912. The van der Waals surface area contributed by atoms with E-state index < -0.39 is 0 Å². The summed E-state index contributed by atoms with van der Waals surface area (Å²) in [5.74, 6) is 1.27. The van der Waals surface area contributed by atoms with Gasteiger partial charge >= 0.3 is 0 Å². The highest BCUT2D eigenvalue weighted by Crippen LogP contribution is 2.24. The van der Waals surface area contributed by atoms with Gasteiger partial charge in [0.2, 0.25) is 5.91 Å². The van der Waals surface area contributed by atoms with Crippen LogP contribution in [0.4, 0.5) is 0 Å². The molecule has 0 bridgehead atoms. The first-order chi connectivity index (χ1) is 10.6. The highest BCUT2D eigenvalue weighted by atomic mass is 35.5. The van der Waals surface area contributed by atoms with E-state index in [1.807, 2.05) is 18.2 Å². The molecular weight excluding hydrogens is 302 g/mol. The van der Waals surface area contributed by atoms with Crippen molar-refractivity contribution in [3.63, 3.8) is 0 Å². The van der Waals surface area contributed by atoms with Crippen LogP contribution in [-0.4, -0.2) is 20.1 Å². The third-order valence-electron chi connectivity index (χ3n) is 3.22. The fraction of sp³-hybridized carbons (Fsp3) is 0.235. The molecule has 0 atom stereocenters. The SMILES string of the molecule is COc1ccc(OC)c(CC(=O)NCc2cccc(Cl)c2)c1. The van der Waals surface area contributed by atoms with Gasteiger partial charge in [0.25, 0.3) is 0 Å². The first-order valence-corrected chi connectivity index (χ1v) is 7.22. The molecular formula is C17H18ClNO3. The first-order valence-electron chi connectivity index (χ1n) is 6.84. The summed E-state index contributed by atoms with van der Waals surface area (Å²) >= 11 is 5.92. The normalized spacial score (nSPS) is 10.1. The van der Waals surface area contributed by atoms with Gasteiger partial charge in [-0.3, -0.25) is 4.79 Å². The van der Waals surface area contributed by atoms with Gasteiger partial charge in [0.15, 0.2) is 0 Å². The van der Waals surface area contributed by atoms with Gasteiger partial charge in [0.05, 0.1) is 20.6 Å². The molecule has 0 aliphatic carbocycles. The summed E-state index contributed by atoms with van der Waals surface area (Å²) in [7, 11) is 3.17. The Balaban J connectivity index is 1.99. The Morgan fingerprint density at radius 2 is 1.95 bits per heavy atom. The molecule has 0 unspecified atom stereocenters. The van der Waals surface area contributed by atoms with Crippen LogP contribution in [0.25, 0.3) is 0 Å². The average molecular weight is 320 g/mol. The molecule has 2 aromatic rings. The van der Waals surface area contributed by atoms with Crippen molar-refractivity contribution in [2.45, 2.75) is 13.0 Å². The van der Waals surface area contributed by atoms with Crippen molar-refractivity contribution in [2.75, 3.05) is 14.2 Å². The van der Waals surface area contributed by atoms with Gasteiger partial charge in [0.1, 0.15) is 11.5 Å². The molecule has 0 heterocycles. The topological polar surface area (TPSA) is 47.6 Å². The lowest BCUT2D eigenvalue weighted by atomic mass is 10.1. The Morgan fingerprint density at radius 1 is 1.14 bits per heavy atom. The smallest absolute Gasteiger partial charge is 0.224 e. The van der Waals surface area contributed by atoms with Crippen molar-refractivity contribution < 1.29 is 14.3 Å². The minimum Gasteiger partial charge on any atom is -0.497 e. The van der Waals surface area contributed by atoms with E-state index in [0.717, 1.165) is 11.1 Å². The number of hydrogen-bond donors (Lipinski definition) is 1. The summed E-state index contributed by atoms with van der Waals surface area (Å²) in [5, 5.41) is 3.52. The molecule has 1 N–H and O–H groups in total. The van der Waals surface area contributed by atoms with Crippen LogP contribution in [0.5, 0.6) is 11.5 Å². The quantitative estimate of drug-likeness (QED) is 0.889. The highest BCUT2D eigenvalue weighted by molar-refractivity contribution is 6.30. The second-order valence-corrected chi connectivity index (χ2v) is 5.20. The molecule has 116 valence electrons. The number of amides is 1. The van der Waals surface area contributed by atoms with Gasteiger partial charge in [-0.1, -0.05) is 23.7 Å². The molecule has 0 saturated carbocycles. The van der Waals surface area contributed by atoms with Crippen LogP contribution in [0.3, 0.4) is 0 Å². The standard InChI is InChI=1S/C17H18ClNO3/c1-21-15-6-7-16(22-2)13(9-15)10-17(20)19-11-12-4-3-5-14(18)8-12/h3-9H,10-11H2,1-2H3,(H,19,20). The number of rotatable bonds is 6. The Kier molecular flexibility index (Phi) is 5.67.